The minimum Gasteiger partial charge on any atom is -0.466 e. The molecule has 0 N–H and O–H groups in total. The molecule has 0 bridgehead atoms. The van der Waals surface area contributed by atoms with E-state index in [0.29, 0.717) is 6.61 Å². The number of esters is 1. The third-order valence-electron chi connectivity index (χ3n) is 3.71. The third kappa shape index (κ3) is 3.56. The summed E-state index contributed by atoms with van der Waals surface area (Å²) in [4.78, 5) is 18.4. The largest absolute Gasteiger partial charge is 0.466 e. The highest BCUT2D eigenvalue weighted by atomic mass is 16.5. The summed E-state index contributed by atoms with van der Waals surface area (Å²) in [6.45, 7) is 8.17. The Kier molecular flexibility index (Phi) is 4.96. The molecule has 0 spiro atoms. The lowest BCUT2D eigenvalue weighted by Crippen LogP contribution is -2.37. The van der Waals surface area contributed by atoms with Gasteiger partial charge in [-0.3, -0.25) is 9.69 Å². The quantitative estimate of drug-likeness (QED) is 0.760. The first-order chi connectivity index (χ1) is 9.24. The fraction of sp³-hybridized carbons (Fsp3) is 0.714. The van der Waals surface area contributed by atoms with Crippen LogP contribution in [0.5, 0.6) is 0 Å². The Balaban J connectivity index is 1.82. The van der Waals surface area contributed by atoms with Crippen LogP contribution in [0.25, 0.3) is 0 Å². The standard InChI is InChI=1S/C14H23N3O2/c1-3-17-10-7-15-13(17)11-16-8-5-12(6-9-16)14(18)19-4-2/h7,10,12H,3-6,8-9,11H2,1-2H3. The molecule has 0 saturated carbocycles. The minimum atomic E-state index is -0.0304. The Morgan fingerprint density at radius 1 is 1.42 bits per heavy atom. The zero-order valence-corrected chi connectivity index (χ0v) is 11.8. The summed E-state index contributed by atoms with van der Waals surface area (Å²) in [5, 5.41) is 0. The Morgan fingerprint density at radius 2 is 2.16 bits per heavy atom. The molecule has 19 heavy (non-hydrogen) atoms. The zero-order chi connectivity index (χ0) is 13.7. The molecule has 0 aromatic carbocycles. The van der Waals surface area contributed by atoms with Crippen molar-refractivity contribution in [3.05, 3.63) is 18.2 Å². The summed E-state index contributed by atoms with van der Waals surface area (Å²) in [5.74, 6) is 1.16. The van der Waals surface area contributed by atoms with E-state index in [1.807, 2.05) is 19.3 Å². The molecule has 1 saturated heterocycles. The van der Waals surface area contributed by atoms with Gasteiger partial charge in [0, 0.05) is 18.9 Å². The summed E-state index contributed by atoms with van der Waals surface area (Å²) < 4.78 is 7.25. The van der Waals surface area contributed by atoms with Crippen molar-refractivity contribution < 1.29 is 9.53 Å². The number of nitrogens with zero attached hydrogens (tertiary/aromatic N) is 3. The van der Waals surface area contributed by atoms with Crippen LogP contribution in [-0.4, -0.2) is 40.1 Å². The van der Waals surface area contributed by atoms with Crippen molar-refractivity contribution in [3.63, 3.8) is 0 Å². The van der Waals surface area contributed by atoms with E-state index >= 15 is 0 Å². The van der Waals surface area contributed by atoms with Gasteiger partial charge in [-0.15, -0.1) is 0 Å². The number of hydrogen-bond acceptors (Lipinski definition) is 4. The minimum absolute atomic E-state index is 0.0304. The van der Waals surface area contributed by atoms with E-state index in [0.717, 1.165) is 44.8 Å². The van der Waals surface area contributed by atoms with Crippen LogP contribution in [0.15, 0.2) is 12.4 Å². The molecule has 1 aromatic heterocycles. The maximum atomic E-state index is 11.7. The molecule has 2 heterocycles. The van der Waals surface area contributed by atoms with Gasteiger partial charge >= 0.3 is 5.97 Å². The molecular weight excluding hydrogens is 242 g/mol. The number of piperidine rings is 1. The van der Waals surface area contributed by atoms with Crippen molar-refractivity contribution in [3.8, 4) is 0 Å². The zero-order valence-electron chi connectivity index (χ0n) is 11.8. The number of likely N-dealkylation sites (tertiary alicyclic amines) is 1. The van der Waals surface area contributed by atoms with E-state index in [9.17, 15) is 4.79 Å². The predicted molar refractivity (Wildman–Crippen MR) is 72.5 cm³/mol. The van der Waals surface area contributed by atoms with E-state index in [-0.39, 0.29) is 11.9 Å². The fourth-order valence-corrected chi connectivity index (χ4v) is 2.57. The highest BCUT2D eigenvalue weighted by Gasteiger charge is 2.26. The van der Waals surface area contributed by atoms with Gasteiger partial charge in [-0.2, -0.15) is 0 Å². The van der Waals surface area contributed by atoms with Crippen LogP contribution in [0.3, 0.4) is 0 Å². The summed E-state index contributed by atoms with van der Waals surface area (Å²) in [5.41, 5.74) is 0. The molecule has 1 aliphatic rings. The number of carbonyl (C=O) groups excluding carboxylic acids is 1. The molecule has 1 aromatic rings. The van der Waals surface area contributed by atoms with Crippen molar-refractivity contribution in [2.75, 3.05) is 19.7 Å². The molecule has 0 atom stereocenters. The highest BCUT2D eigenvalue weighted by Crippen LogP contribution is 2.20. The molecule has 0 amide bonds. The van der Waals surface area contributed by atoms with Gasteiger partial charge in [0.05, 0.1) is 19.1 Å². The van der Waals surface area contributed by atoms with Crippen LogP contribution >= 0.6 is 0 Å². The van der Waals surface area contributed by atoms with Crippen molar-refractivity contribution in [2.24, 2.45) is 5.92 Å². The lowest BCUT2D eigenvalue weighted by atomic mass is 9.97. The second-order valence-electron chi connectivity index (χ2n) is 4.93. The second kappa shape index (κ2) is 6.70. The van der Waals surface area contributed by atoms with E-state index in [1.54, 1.807) is 0 Å². The lowest BCUT2D eigenvalue weighted by molar-refractivity contribution is -0.149. The van der Waals surface area contributed by atoms with Gasteiger partial charge in [-0.05, 0) is 39.8 Å². The van der Waals surface area contributed by atoms with Crippen LogP contribution in [-0.2, 0) is 22.6 Å². The van der Waals surface area contributed by atoms with E-state index in [4.69, 9.17) is 4.74 Å². The Morgan fingerprint density at radius 3 is 2.79 bits per heavy atom. The molecule has 5 nitrogen and oxygen atoms in total. The monoisotopic (exact) mass is 265 g/mol. The number of hydrogen-bond donors (Lipinski definition) is 0. The van der Waals surface area contributed by atoms with Crippen LogP contribution in [0.1, 0.15) is 32.5 Å². The highest BCUT2D eigenvalue weighted by molar-refractivity contribution is 5.72. The van der Waals surface area contributed by atoms with E-state index < -0.39 is 0 Å². The van der Waals surface area contributed by atoms with Gasteiger partial charge in [0.15, 0.2) is 0 Å². The molecule has 1 aliphatic heterocycles. The number of imidazole rings is 1. The summed E-state index contributed by atoms with van der Waals surface area (Å²) in [6.07, 6.45) is 5.65. The van der Waals surface area contributed by atoms with Crippen LogP contribution in [0, 0.1) is 5.92 Å². The number of ether oxygens (including phenoxy) is 1. The van der Waals surface area contributed by atoms with Gasteiger partial charge < -0.3 is 9.30 Å². The lowest BCUT2D eigenvalue weighted by Gasteiger charge is -2.30. The Labute approximate surface area is 114 Å². The van der Waals surface area contributed by atoms with Crippen molar-refractivity contribution in [2.45, 2.75) is 39.8 Å². The Bertz CT molecular complexity index is 409. The molecule has 106 valence electrons. The average molecular weight is 265 g/mol. The number of carbonyl (C=O) groups is 1. The fourth-order valence-electron chi connectivity index (χ4n) is 2.57. The number of rotatable bonds is 5. The topological polar surface area (TPSA) is 47.4 Å². The third-order valence-corrected chi connectivity index (χ3v) is 3.71. The first kappa shape index (κ1) is 14.1. The van der Waals surface area contributed by atoms with Crippen molar-refractivity contribution in [1.29, 1.82) is 0 Å². The molecule has 2 rings (SSSR count). The predicted octanol–water partition coefficient (Wildman–Crippen LogP) is 1.68. The van der Waals surface area contributed by atoms with Crippen molar-refractivity contribution >= 4 is 5.97 Å². The SMILES string of the molecule is CCOC(=O)C1CCN(Cc2nccn2CC)CC1. The van der Waals surface area contributed by atoms with Crippen LogP contribution in [0.2, 0.25) is 0 Å². The van der Waals surface area contributed by atoms with Gasteiger partial charge in [-0.25, -0.2) is 4.98 Å². The summed E-state index contributed by atoms with van der Waals surface area (Å²) in [6, 6.07) is 0. The van der Waals surface area contributed by atoms with Crippen molar-refractivity contribution in [1.82, 2.24) is 14.5 Å². The molecule has 0 aliphatic carbocycles. The maximum absolute atomic E-state index is 11.7. The van der Waals surface area contributed by atoms with Gasteiger partial charge in [-0.1, -0.05) is 0 Å². The molecular formula is C14H23N3O2. The normalized spacial score (nSPS) is 17.6. The van der Waals surface area contributed by atoms with Gasteiger partial charge in [0.2, 0.25) is 0 Å². The van der Waals surface area contributed by atoms with E-state index in [1.165, 1.54) is 0 Å². The van der Waals surface area contributed by atoms with Crippen LogP contribution in [0.4, 0.5) is 0 Å². The number of aryl methyl sites for hydroxylation is 1. The number of aromatic nitrogens is 2. The molecule has 5 heteroatoms. The maximum Gasteiger partial charge on any atom is 0.309 e. The molecule has 0 radical (unpaired) electrons. The molecule has 1 fully saturated rings. The van der Waals surface area contributed by atoms with Gasteiger partial charge in [0.25, 0.3) is 0 Å². The molecule has 0 unspecified atom stereocenters. The van der Waals surface area contributed by atoms with Crippen LogP contribution < -0.4 is 0 Å². The first-order valence-corrected chi connectivity index (χ1v) is 7.13. The van der Waals surface area contributed by atoms with E-state index in [2.05, 4.69) is 21.4 Å². The Hall–Kier alpha value is -1.36. The first-order valence-electron chi connectivity index (χ1n) is 7.13. The summed E-state index contributed by atoms with van der Waals surface area (Å²) in [7, 11) is 0. The van der Waals surface area contributed by atoms with Gasteiger partial charge in [0.1, 0.15) is 5.82 Å². The smallest absolute Gasteiger partial charge is 0.309 e. The second-order valence-corrected chi connectivity index (χ2v) is 4.93. The average Bonchev–Trinajstić information content (AvgIpc) is 2.87. The summed E-state index contributed by atoms with van der Waals surface area (Å²) >= 11 is 0.